The van der Waals surface area contributed by atoms with Crippen LogP contribution in [0, 0.1) is 6.92 Å². The molecule has 4 aromatic rings. The van der Waals surface area contributed by atoms with E-state index >= 15 is 0 Å². The number of thiazole rings is 1. The number of aromatic nitrogens is 2. The van der Waals surface area contributed by atoms with E-state index in [1.807, 2.05) is 43.3 Å². The molecule has 0 spiro atoms. The predicted octanol–water partition coefficient (Wildman–Crippen LogP) is 5.35. The van der Waals surface area contributed by atoms with Crippen LogP contribution in [0.1, 0.15) is 5.69 Å². The third kappa shape index (κ3) is 2.91. The summed E-state index contributed by atoms with van der Waals surface area (Å²) in [6.45, 7) is 2.01. The molecule has 130 valence electrons. The van der Waals surface area contributed by atoms with Gasteiger partial charge in [0.1, 0.15) is 16.5 Å². The SMILES string of the molecule is COc1ccc(OC)c(-c2csc(-c3cc(C)nc4ccccc34)n2)c1. The Hall–Kier alpha value is -2.92. The Labute approximate surface area is 156 Å². The Balaban J connectivity index is 1.86. The third-order valence-electron chi connectivity index (χ3n) is 4.26. The number of ether oxygens (including phenoxy) is 2. The van der Waals surface area contributed by atoms with Gasteiger partial charge in [-0.05, 0) is 37.3 Å². The van der Waals surface area contributed by atoms with Crippen molar-refractivity contribution >= 4 is 22.2 Å². The second kappa shape index (κ2) is 6.77. The molecule has 4 nitrogen and oxygen atoms in total. The molecule has 5 heteroatoms. The minimum absolute atomic E-state index is 0.776. The molecule has 0 fully saturated rings. The molecule has 0 N–H and O–H groups in total. The number of rotatable bonds is 4. The van der Waals surface area contributed by atoms with Gasteiger partial charge in [0.2, 0.25) is 0 Å². The topological polar surface area (TPSA) is 44.2 Å². The summed E-state index contributed by atoms with van der Waals surface area (Å²) in [6, 6.07) is 16.0. The molecular formula is C21H18N2O2S. The normalized spacial score (nSPS) is 10.9. The van der Waals surface area contributed by atoms with Gasteiger partial charge in [-0.25, -0.2) is 4.98 Å². The molecule has 2 aromatic heterocycles. The van der Waals surface area contributed by atoms with Crippen LogP contribution in [0.25, 0.3) is 32.7 Å². The van der Waals surface area contributed by atoms with Crippen molar-refractivity contribution in [3.63, 3.8) is 0 Å². The van der Waals surface area contributed by atoms with E-state index in [1.165, 1.54) is 0 Å². The standard InChI is InChI=1S/C21H18N2O2S/c1-13-10-16(15-6-4-5-7-18(15)22-13)21-23-19(12-26-21)17-11-14(24-2)8-9-20(17)25-3/h4-12H,1-3H3. The number of nitrogens with zero attached hydrogens (tertiary/aromatic N) is 2. The van der Waals surface area contributed by atoms with Gasteiger partial charge in [0.05, 0.1) is 25.4 Å². The van der Waals surface area contributed by atoms with E-state index in [1.54, 1.807) is 25.6 Å². The van der Waals surface area contributed by atoms with Crippen LogP contribution in [0.4, 0.5) is 0 Å². The molecule has 0 aliphatic carbocycles. The van der Waals surface area contributed by atoms with Crippen molar-refractivity contribution in [2.75, 3.05) is 14.2 Å². The van der Waals surface area contributed by atoms with Gasteiger partial charge in [0.15, 0.2) is 0 Å². The molecule has 0 bridgehead atoms. The maximum atomic E-state index is 5.50. The van der Waals surface area contributed by atoms with Gasteiger partial charge in [-0.1, -0.05) is 18.2 Å². The summed E-state index contributed by atoms with van der Waals surface area (Å²) in [6.07, 6.45) is 0. The highest BCUT2D eigenvalue weighted by atomic mass is 32.1. The summed E-state index contributed by atoms with van der Waals surface area (Å²) in [7, 11) is 3.32. The average molecular weight is 362 g/mol. The molecule has 0 saturated heterocycles. The van der Waals surface area contributed by atoms with Crippen LogP contribution in [0.15, 0.2) is 53.9 Å². The lowest BCUT2D eigenvalue weighted by Crippen LogP contribution is -1.91. The molecule has 0 atom stereocenters. The fourth-order valence-corrected chi connectivity index (χ4v) is 3.87. The zero-order valence-electron chi connectivity index (χ0n) is 14.8. The van der Waals surface area contributed by atoms with Crippen molar-refractivity contribution in [2.24, 2.45) is 0 Å². The van der Waals surface area contributed by atoms with Crippen LogP contribution < -0.4 is 9.47 Å². The Morgan fingerprint density at radius 3 is 2.54 bits per heavy atom. The Bertz CT molecular complexity index is 1090. The van der Waals surface area contributed by atoms with Gasteiger partial charge in [-0.15, -0.1) is 11.3 Å². The highest BCUT2D eigenvalue weighted by Crippen LogP contribution is 2.37. The molecule has 0 saturated carbocycles. The van der Waals surface area contributed by atoms with E-state index in [2.05, 4.69) is 22.5 Å². The highest BCUT2D eigenvalue weighted by Gasteiger charge is 2.14. The summed E-state index contributed by atoms with van der Waals surface area (Å²) in [4.78, 5) is 9.50. The van der Waals surface area contributed by atoms with Crippen molar-refractivity contribution in [1.82, 2.24) is 9.97 Å². The highest BCUT2D eigenvalue weighted by molar-refractivity contribution is 7.13. The third-order valence-corrected chi connectivity index (χ3v) is 5.14. The van der Waals surface area contributed by atoms with Crippen LogP contribution in [0.3, 0.4) is 0 Å². The Kier molecular flexibility index (Phi) is 4.31. The molecule has 0 aliphatic rings. The van der Waals surface area contributed by atoms with Crippen molar-refractivity contribution in [2.45, 2.75) is 6.92 Å². The first-order valence-corrected chi connectivity index (χ1v) is 9.12. The van der Waals surface area contributed by atoms with Crippen molar-refractivity contribution in [1.29, 1.82) is 0 Å². The lowest BCUT2D eigenvalue weighted by atomic mass is 10.1. The Morgan fingerprint density at radius 1 is 0.885 bits per heavy atom. The minimum atomic E-state index is 0.776. The molecule has 0 radical (unpaired) electrons. The number of para-hydroxylation sites is 1. The van der Waals surface area contributed by atoms with Crippen LogP contribution in [0.2, 0.25) is 0 Å². The number of hydrogen-bond donors (Lipinski definition) is 0. The Morgan fingerprint density at radius 2 is 1.73 bits per heavy atom. The smallest absolute Gasteiger partial charge is 0.128 e. The average Bonchev–Trinajstić information content (AvgIpc) is 3.16. The van der Waals surface area contributed by atoms with Crippen LogP contribution in [-0.4, -0.2) is 24.2 Å². The summed E-state index contributed by atoms with van der Waals surface area (Å²) in [5, 5.41) is 4.13. The van der Waals surface area contributed by atoms with Gasteiger partial charge in [0, 0.05) is 27.6 Å². The minimum Gasteiger partial charge on any atom is -0.497 e. The molecule has 4 rings (SSSR count). The van der Waals surface area contributed by atoms with E-state index < -0.39 is 0 Å². The number of hydrogen-bond acceptors (Lipinski definition) is 5. The first-order chi connectivity index (χ1) is 12.7. The van der Waals surface area contributed by atoms with E-state index in [-0.39, 0.29) is 0 Å². The molecule has 26 heavy (non-hydrogen) atoms. The maximum absolute atomic E-state index is 5.50. The molecule has 2 heterocycles. The fraction of sp³-hybridized carbons (Fsp3) is 0.143. The second-order valence-corrected chi connectivity index (χ2v) is 6.79. The first kappa shape index (κ1) is 16.5. The van der Waals surface area contributed by atoms with E-state index in [9.17, 15) is 0 Å². The quantitative estimate of drug-likeness (QED) is 0.491. The van der Waals surface area contributed by atoms with E-state index in [0.717, 1.165) is 49.9 Å². The number of benzene rings is 2. The number of methoxy groups -OCH3 is 2. The van der Waals surface area contributed by atoms with Crippen LogP contribution in [-0.2, 0) is 0 Å². The summed E-state index contributed by atoms with van der Waals surface area (Å²) in [5.41, 5.74) is 4.86. The second-order valence-electron chi connectivity index (χ2n) is 5.93. The van der Waals surface area contributed by atoms with Gasteiger partial charge in [-0.3, -0.25) is 4.98 Å². The summed E-state index contributed by atoms with van der Waals surface area (Å²) in [5.74, 6) is 1.55. The molecular weight excluding hydrogens is 344 g/mol. The van der Waals surface area contributed by atoms with Gasteiger partial charge < -0.3 is 9.47 Å². The maximum Gasteiger partial charge on any atom is 0.128 e. The zero-order valence-corrected chi connectivity index (χ0v) is 15.6. The summed E-state index contributed by atoms with van der Waals surface area (Å²) >= 11 is 1.62. The molecule has 0 aliphatic heterocycles. The van der Waals surface area contributed by atoms with Crippen LogP contribution in [0.5, 0.6) is 11.5 Å². The lowest BCUT2D eigenvalue weighted by molar-refractivity contribution is 0.404. The van der Waals surface area contributed by atoms with Gasteiger partial charge in [0.25, 0.3) is 0 Å². The van der Waals surface area contributed by atoms with Crippen molar-refractivity contribution in [3.05, 3.63) is 59.6 Å². The first-order valence-electron chi connectivity index (χ1n) is 8.24. The van der Waals surface area contributed by atoms with Crippen molar-refractivity contribution < 1.29 is 9.47 Å². The largest absolute Gasteiger partial charge is 0.497 e. The van der Waals surface area contributed by atoms with Crippen molar-refractivity contribution in [3.8, 4) is 33.3 Å². The predicted molar refractivity (Wildman–Crippen MR) is 106 cm³/mol. The lowest BCUT2D eigenvalue weighted by Gasteiger charge is -2.08. The fourth-order valence-electron chi connectivity index (χ4n) is 3.02. The van der Waals surface area contributed by atoms with Gasteiger partial charge in [-0.2, -0.15) is 0 Å². The monoisotopic (exact) mass is 362 g/mol. The van der Waals surface area contributed by atoms with E-state index in [4.69, 9.17) is 14.5 Å². The summed E-state index contributed by atoms with van der Waals surface area (Å²) < 4.78 is 10.9. The molecule has 0 amide bonds. The number of fused-ring (bicyclic) bond motifs is 1. The number of aryl methyl sites for hydroxylation is 1. The molecule has 2 aromatic carbocycles. The molecule has 0 unspecified atom stereocenters. The van der Waals surface area contributed by atoms with Gasteiger partial charge >= 0.3 is 0 Å². The number of pyridine rings is 1. The van der Waals surface area contributed by atoms with E-state index in [0.29, 0.717) is 0 Å². The van der Waals surface area contributed by atoms with Crippen LogP contribution >= 0.6 is 11.3 Å². The zero-order chi connectivity index (χ0) is 18.1.